The van der Waals surface area contributed by atoms with E-state index in [1.54, 1.807) is 25.1 Å². The third kappa shape index (κ3) is 7.04. The molecular weight excluding hydrogens is 751 g/mol. The van der Waals surface area contributed by atoms with E-state index in [2.05, 4.69) is 66.0 Å². The van der Waals surface area contributed by atoms with Gasteiger partial charge in [-0.15, -0.1) is 0 Å². The number of rotatable bonds is 14. The maximum absolute atomic E-state index is 11.7. The minimum atomic E-state index is -0.982. The molecule has 0 spiro atoms. The molecule has 0 radical (unpaired) electrons. The lowest BCUT2D eigenvalue weighted by Crippen LogP contribution is -2.38. The number of nitrogens with one attached hydrogen (secondary N) is 1. The fourth-order valence-electron chi connectivity index (χ4n) is 8.47. The highest BCUT2D eigenvalue weighted by Crippen LogP contribution is 2.44. The number of methoxy groups -OCH3 is 2. The van der Waals surface area contributed by atoms with Crippen molar-refractivity contribution in [1.29, 1.82) is 0 Å². The molecule has 3 atom stereocenters. The molecule has 0 bridgehead atoms. The van der Waals surface area contributed by atoms with Gasteiger partial charge < -0.3 is 29.4 Å². The summed E-state index contributed by atoms with van der Waals surface area (Å²) in [6, 6.07) is 56.9. The number of ether oxygens (including phenoxy) is 4. The molecule has 2 N–H and O–H groups in total. The second-order valence-corrected chi connectivity index (χ2v) is 14.8. The van der Waals surface area contributed by atoms with E-state index in [1.165, 1.54) is 6.33 Å². The smallest absolute Gasteiger partial charge is 0.167 e. The maximum Gasteiger partial charge on any atom is 0.167 e. The molecule has 10 heteroatoms. The average molecular weight is 796 g/mol. The Morgan fingerprint density at radius 1 is 0.617 bits per heavy atom. The van der Waals surface area contributed by atoms with Crippen LogP contribution >= 0.6 is 0 Å². The molecule has 60 heavy (non-hydrogen) atoms. The number of benzene rings is 6. The van der Waals surface area contributed by atoms with Crippen molar-refractivity contribution in [3.05, 3.63) is 216 Å². The molecule has 9 rings (SSSR count). The first-order chi connectivity index (χ1) is 29.5. The summed E-state index contributed by atoms with van der Waals surface area (Å²) >= 11 is 0. The van der Waals surface area contributed by atoms with Crippen LogP contribution in [0, 0.1) is 0 Å². The summed E-state index contributed by atoms with van der Waals surface area (Å²) < 4.78 is 26.6. The molecule has 1 saturated heterocycles. The second-order valence-electron chi connectivity index (χ2n) is 14.8. The van der Waals surface area contributed by atoms with Crippen molar-refractivity contribution in [2.45, 2.75) is 36.0 Å². The zero-order chi connectivity index (χ0) is 40.9. The lowest BCUT2D eigenvalue weighted by atomic mass is 9.77. The Bertz CT molecular complexity index is 2550. The van der Waals surface area contributed by atoms with Crippen LogP contribution < -0.4 is 14.8 Å². The number of aliphatic hydroxyl groups is 1. The van der Waals surface area contributed by atoms with Crippen LogP contribution in [0.15, 0.2) is 183 Å². The quantitative estimate of drug-likeness (QED) is 0.104. The summed E-state index contributed by atoms with van der Waals surface area (Å²) in [5, 5.41) is 15.5. The number of hydrogen-bond donors (Lipinski definition) is 2. The monoisotopic (exact) mass is 795 g/mol. The van der Waals surface area contributed by atoms with Gasteiger partial charge in [0, 0.05) is 6.42 Å². The second kappa shape index (κ2) is 16.8. The Labute approximate surface area is 349 Å². The number of hydrogen-bond acceptors (Lipinski definition) is 9. The molecule has 1 aliphatic heterocycles. The standard InChI is InChI=1S/C50H45N5O5/c1-57-41-27-23-37(24-28-41)49(35-15-7-3-8-16-35,36-17-9-4-10-18-36)54-46-45-47(52-33-51-46)55(34-53-45)48-44(56)31-43(60-48)32-59-50(38-19-11-5-12-20-38,39-21-13-6-14-22-39)40-25-29-42(58-2)30-26-40/h3-30,33-34,43-44,48,56H,31-32H2,1-2H3,(H,51,52,54)/t43-,44+,48+/m0/s1. The first-order valence-electron chi connectivity index (χ1n) is 20.0. The molecule has 2 aromatic heterocycles. The lowest BCUT2D eigenvalue weighted by Gasteiger charge is -2.37. The van der Waals surface area contributed by atoms with Crippen molar-refractivity contribution in [2.24, 2.45) is 0 Å². The van der Waals surface area contributed by atoms with Gasteiger partial charge in [0.15, 0.2) is 23.2 Å². The predicted octanol–water partition coefficient (Wildman–Crippen LogP) is 8.90. The van der Waals surface area contributed by atoms with Crippen LogP contribution in [0.5, 0.6) is 11.5 Å². The fourth-order valence-corrected chi connectivity index (χ4v) is 8.47. The first-order valence-corrected chi connectivity index (χ1v) is 20.0. The van der Waals surface area contributed by atoms with Gasteiger partial charge >= 0.3 is 0 Å². The van der Waals surface area contributed by atoms with Crippen LogP contribution in [0.4, 0.5) is 5.82 Å². The highest BCUT2D eigenvalue weighted by atomic mass is 16.6. The van der Waals surface area contributed by atoms with E-state index < -0.39 is 29.6 Å². The third-order valence-corrected chi connectivity index (χ3v) is 11.4. The van der Waals surface area contributed by atoms with Crippen molar-refractivity contribution in [1.82, 2.24) is 19.5 Å². The Hall–Kier alpha value is -6.85. The zero-order valence-electron chi connectivity index (χ0n) is 33.3. The fraction of sp³-hybridized carbons (Fsp3) is 0.180. The van der Waals surface area contributed by atoms with E-state index in [4.69, 9.17) is 33.9 Å². The van der Waals surface area contributed by atoms with Crippen LogP contribution in [-0.2, 0) is 20.6 Å². The van der Waals surface area contributed by atoms with Crippen LogP contribution in [0.3, 0.4) is 0 Å². The molecule has 0 unspecified atom stereocenters. The number of nitrogens with zero attached hydrogens (tertiary/aromatic N) is 4. The first kappa shape index (κ1) is 38.7. The van der Waals surface area contributed by atoms with Crippen LogP contribution in [0.2, 0.25) is 0 Å². The van der Waals surface area contributed by atoms with Gasteiger partial charge in [-0.25, -0.2) is 15.0 Å². The van der Waals surface area contributed by atoms with Gasteiger partial charge in [0.25, 0.3) is 0 Å². The molecule has 3 heterocycles. The van der Waals surface area contributed by atoms with Gasteiger partial charge in [0.05, 0.1) is 33.3 Å². The lowest BCUT2D eigenvalue weighted by molar-refractivity contribution is -0.0851. The van der Waals surface area contributed by atoms with Crippen LogP contribution in [-0.4, -0.2) is 57.7 Å². The van der Waals surface area contributed by atoms with Gasteiger partial charge in [-0.05, 0) is 57.6 Å². The Morgan fingerprint density at radius 2 is 1.08 bits per heavy atom. The van der Waals surface area contributed by atoms with Crippen LogP contribution in [0.25, 0.3) is 11.2 Å². The van der Waals surface area contributed by atoms with Crippen molar-refractivity contribution in [2.75, 3.05) is 26.1 Å². The Kier molecular flexibility index (Phi) is 10.8. The molecule has 1 fully saturated rings. The maximum atomic E-state index is 11.7. The molecule has 0 saturated carbocycles. The highest BCUT2D eigenvalue weighted by Gasteiger charge is 2.43. The number of aliphatic hydroxyl groups excluding tert-OH is 1. The van der Waals surface area contributed by atoms with Crippen molar-refractivity contribution in [3.63, 3.8) is 0 Å². The Balaban J connectivity index is 1.05. The summed E-state index contributed by atoms with van der Waals surface area (Å²) in [5.41, 5.74) is 5.02. The molecule has 6 aromatic carbocycles. The Morgan fingerprint density at radius 3 is 1.60 bits per heavy atom. The SMILES string of the molecule is COc1ccc(C(Nc2ncnc3c2ncn3[C@@H]2O[C@H](COC(c3ccccc3)(c3ccccc3)c3ccc(OC)cc3)C[C@H]2O)(c2ccccc2)c2ccccc2)cc1. The van der Waals surface area contributed by atoms with E-state index in [9.17, 15) is 5.11 Å². The van der Waals surface area contributed by atoms with Gasteiger partial charge in [-0.1, -0.05) is 146 Å². The molecule has 10 nitrogen and oxygen atoms in total. The van der Waals surface area contributed by atoms with Gasteiger partial charge in [-0.2, -0.15) is 0 Å². The van der Waals surface area contributed by atoms with Crippen molar-refractivity contribution < 1.29 is 24.1 Å². The molecule has 1 aliphatic rings. The topological polar surface area (TPSA) is 113 Å². The van der Waals surface area contributed by atoms with E-state index in [1.807, 2.05) is 109 Å². The zero-order valence-corrected chi connectivity index (χ0v) is 33.3. The number of anilines is 1. The average Bonchev–Trinajstić information content (AvgIpc) is 3.93. The molecular formula is C50H45N5O5. The van der Waals surface area contributed by atoms with Gasteiger partial charge in [0.1, 0.15) is 35.1 Å². The van der Waals surface area contributed by atoms with Gasteiger partial charge in [-0.3, -0.25) is 4.57 Å². The van der Waals surface area contributed by atoms with E-state index in [-0.39, 0.29) is 6.61 Å². The predicted molar refractivity (Wildman–Crippen MR) is 231 cm³/mol. The number of imidazole rings is 1. The molecule has 0 amide bonds. The third-order valence-electron chi connectivity index (χ3n) is 11.4. The van der Waals surface area contributed by atoms with E-state index >= 15 is 0 Å². The summed E-state index contributed by atoms with van der Waals surface area (Å²) in [6.07, 6.45) is 1.43. The minimum Gasteiger partial charge on any atom is -0.497 e. The summed E-state index contributed by atoms with van der Waals surface area (Å²) in [4.78, 5) is 14.3. The van der Waals surface area contributed by atoms with E-state index in [0.717, 1.165) is 44.9 Å². The summed E-state index contributed by atoms with van der Waals surface area (Å²) in [5.74, 6) is 2.02. The summed E-state index contributed by atoms with van der Waals surface area (Å²) in [6.45, 7) is 0.191. The van der Waals surface area contributed by atoms with Crippen molar-refractivity contribution in [3.8, 4) is 11.5 Å². The summed E-state index contributed by atoms with van der Waals surface area (Å²) in [7, 11) is 3.32. The number of aromatic nitrogens is 4. The number of fused-ring (bicyclic) bond motifs is 1. The van der Waals surface area contributed by atoms with Gasteiger partial charge in [0.2, 0.25) is 0 Å². The normalized spacial score (nSPS) is 16.8. The van der Waals surface area contributed by atoms with E-state index in [0.29, 0.717) is 23.4 Å². The molecule has 0 aliphatic carbocycles. The van der Waals surface area contributed by atoms with Crippen molar-refractivity contribution >= 4 is 17.0 Å². The minimum absolute atomic E-state index is 0.191. The molecule has 300 valence electrons. The van der Waals surface area contributed by atoms with Crippen LogP contribution in [0.1, 0.15) is 46.0 Å². The highest BCUT2D eigenvalue weighted by molar-refractivity contribution is 5.84. The largest absolute Gasteiger partial charge is 0.497 e. The molecule has 8 aromatic rings.